The fourth-order valence-electron chi connectivity index (χ4n) is 3.63. The van der Waals surface area contributed by atoms with Crippen LogP contribution in [0.4, 0.5) is 4.39 Å². The summed E-state index contributed by atoms with van der Waals surface area (Å²) >= 11 is 0. The highest BCUT2D eigenvalue weighted by atomic mass is 32.2. The predicted octanol–water partition coefficient (Wildman–Crippen LogP) is 2.53. The Labute approximate surface area is 191 Å². The Balaban J connectivity index is 2.09. The fraction of sp³-hybridized carbons (Fsp3) is 0.304. The molecule has 1 aliphatic heterocycles. The predicted molar refractivity (Wildman–Crippen MR) is 119 cm³/mol. The van der Waals surface area contributed by atoms with Crippen molar-refractivity contribution in [3.8, 4) is 0 Å². The Morgan fingerprint density at radius 2 is 1.70 bits per heavy atom. The summed E-state index contributed by atoms with van der Waals surface area (Å²) in [4.78, 5) is 27.0. The average molecular weight is 477 g/mol. The molecule has 2 aromatic rings. The minimum Gasteiger partial charge on any atom is -0.507 e. The van der Waals surface area contributed by atoms with Gasteiger partial charge in [0.1, 0.15) is 11.6 Å². The zero-order valence-corrected chi connectivity index (χ0v) is 19.3. The molecule has 3 rings (SSSR count). The molecule has 176 valence electrons. The number of hydrogen-bond donors (Lipinski definition) is 1. The number of likely N-dealkylation sites (tertiary alicyclic amines) is 1. The topological polar surface area (TPSA) is 104 Å². The summed E-state index contributed by atoms with van der Waals surface area (Å²) in [7, 11) is 0.641. The first-order valence-corrected chi connectivity index (χ1v) is 11.6. The van der Waals surface area contributed by atoms with Crippen molar-refractivity contribution in [1.29, 1.82) is 0 Å². The number of aliphatic hydroxyl groups is 1. The summed E-state index contributed by atoms with van der Waals surface area (Å²) in [5.41, 5.74) is 0.489. The largest absolute Gasteiger partial charge is 0.507 e. The van der Waals surface area contributed by atoms with E-state index in [1.54, 1.807) is 0 Å². The van der Waals surface area contributed by atoms with Crippen molar-refractivity contribution in [2.24, 2.45) is 0 Å². The molecule has 0 bridgehead atoms. The van der Waals surface area contributed by atoms with E-state index in [1.165, 1.54) is 74.6 Å². The number of rotatable bonds is 8. The van der Waals surface area contributed by atoms with E-state index in [0.717, 1.165) is 4.31 Å². The number of nitrogens with zero attached hydrogens (tertiary/aromatic N) is 2. The van der Waals surface area contributed by atoms with Gasteiger partial charge in [-0.1, -0.05) is 12.1 Å². The molecule has 8 nitrogen and oxygen atoms in total. The zero-order chi connectivity index (χ0) is 24.3. The standard InChI is InChI=1S/C23H25FN2O6S/c1-25(2)33(30,31)18-11-7-16(8-12-18)21(27)19-20(15-5-9-17(24)10-6-15)26(13-4-14-32-3)23(29)22(19)28/h5-12,20,27H,4,13-14H2,1-3H3/t20-/m1/s1. The molecule has 1 fully saturated rings. The molecule has 1 aliphatic rings. The minimum atomic E-state index is -3.68. The van der Waals surface area contributed by atoms with Crippen molar-refractivity contribution in [1.82, 2.24) is 9.21 Å². The normalized spacial score (nSPS) is 18.3. The fourth-order valence-corrected chi connectivity index (χ4v) is 4.53. The highest BCUT2D eigenvalue weighted by Gasteiger charge is 2.45. The van der Waals surface area contributed by atoms with Crippen LogP contribution >= 0.6 is 0 Å². The third kappa shape index (κ3) is 4.82. The third-order valence-electron chi connectivity index (χ3n) is 5.38. The molecule has 0 spiro atoms. The lowest BCUT2D eigenvalue weighted by Crippen LogP contribution is -2.31. The van der Waals surface area contributed by atoms with Crippen molar-refractivity contribution in [3.05, 3.63) is 71.0 Å². The van der Waals surface area contributed by atoms with E-state index in [-0.39, 0.29) is 22.6 Å². The number of carbonyl (C=O) groups excluding carboxylic acids is 2. The Morgan fingerprint density at radius 1 is 1.09 bits per heavy atom. The van der Waals surface area contributed by atoms with Crippen LogP contribution in [0.1, 0.15) is 23.6 Å². The van der Waals surface area contributed by atoms with Crippen molar-refractivity contribution >= 4 is 27.5 Å². The maximum Gasteiger partial charge on any atom is 0.295 e. The first-order chi connectivity index (χ1) is 15.6. The Bertz CT molecular complexity index is 1170. The number of aliphatic hydroxyl groups excluding tert-OH is 1. The van der Waals surface area contributed by atoms with Crippen LogP contribution in [0.2, 0.25) is 0 Å². The number of methoxy groups -OCH3 is 1. The molecule has 0 aromatic heterocycles. The second kappa shape index (κ2) is 9.82. The van der Waals surface area contributed by atoms with E-state index in [9.17, 15) is 27.5 Å². The number of carbonyl (C=O) groups is 2. The summed E-state index contributed by atoms with van der Waals surface area (Å²) in [5, 5.41) is 11.0. The maximum absolute atomic E-state index is 13.5. The maximum atomic E-state index is 13.5. The van der Waals surface area contributed by atoms with Gasteiger partial charge in [-0.15, -0.1) is 0 Å². The number of sulfonamides is 1. The minimum absolute atomic E-state index is 0.0131. The molecule has 0 radical (unpaired) electrons. The second-order valence-electron chi connectivity index (χ2n) is 7.70. The quantitative estimate of drug-likeness (QED) is 0.272. The molecule has 1 N–H and O–H groups in total. The summed E-state index contributed by atoms with van der Waals surface area (Å²) in [6.45, 7) is 0.554. The van der Waals surface area contributed by atoms with E-state index in [0.29, 0.717) is 18.6 Å². The second-order valence-corrected chi connectivity index (χ2v) is 9.85. The average Bonchev–Trinajstić information content (AvgIpc) is 3.04. The Kier molecular flexibility index (Phi) is 7.31. The van der Waals surface area contributed by atoms with E-state index in [2.05, 4.69) is 0 Å². The van der Waals surface area contributed by atoms with Gasteiger partial charge in [-0.3, -0.25) is 9.59 Å². The number of benzene rings is 2. The smallest absolute Gasteiger partial charge is 0.295 e. The number of amides is 1. The number of halogens is 1. The molecular formula is C23H25FN2O6S. The zero-order valence-electron chi connectivity index (χ0n) is 18.5. The molecule has 2 aromatic carbocycles. The molecule has 0 saturated carbocycles. The van der Waals surface area contributed by atoms with E-state index < -0.39 is 39.3 Å². The van der Waals surface area contributed by atoms with E-state index >= 15 is 0 Å². The van der Waals surface area contributed by atoms with Gasteiger partial charge in [-0.05, 0) is 48.4 Å². The molecule has 10 heteroatoms. The molecular weight excluding hydrogens is 451 g/mol. The SMILES string of the molecule is COCCCN1C(=O)C(=O)C(=C(O)c2ccc(S(=O)(=O)N(C)C)cc2)[C@H]1c1ccc(F)cc1. The summed E-state index contributed by atoms with van der Waals surface area (Å²) in [5.74, 6) is -2.57. The first kappa shape index (κ1) is 24.6. The van der Waals surface area contributed by atoms with Crippen LogP contribution in [-0.2, 0) is 24.3 Å². The van der Waals surface area contributed by atoms with Gasteiger partial charge in [0, 0.05) is 39.9 Å². The molecule has 33 heavy (non-hydrogen) atoms. The van der Waals surface area contributed by atoms with Gasteiger partial charge in [0.25, 0.3) is 11.7 Å². The van der Waals surface area contributed by atoms with Crippen LogP contribution in [0.15, 0.2) is 59.0 Å². The molecule has 1 heterocycles. The lowest BCUT2D eigenvalue weighted by atomic mass is 9.95. The van der Waals surface area contributed by atoms with Crippen LogP contribution < -0.4 is 0 Å². The highest BCUT2D eigenvalue weighted by molar-refractivity contribution is 7.89. The van der Waals surface area contributed by atoms with Gasteiger partial charge in [-0.2, -0.15) is 0 Å². The number of ketones is 1. The first-order valence-electron chi connectivity index (χ1n) is 10.2. The van der Waals surface area contributed by atoms with Crippen LogP contribution in [-0.4, -0.2) is 68.8 Å². The van der Waals surface area contributed by atoms with Crippen molar-refractivity contribution in [3.63, 3.8) is 0 Å². The van der Waals surface area contributed by atoms with Crippen LogP contribution in [0.5, 0.6) is 0 Å². The number of ether oxygens (including phenoxy) is 1. The monoisotopic (exact) mass is 476 g/mol. The Hall–Kier alpha value is -3.08. The number of Topliss-reactive ketones (excluding diaryl/α,β-unsaturated/α-hetero) is 1. The molecule has 1 saturated heterocycles. The number of hydrogen-bond acceptors (Lipinski definition) is 6. The van der Waals surface area contributed by atoms with Gasteiger partial charge in [0.05, 0.1) is 16.5 Å². The summed E-state index contributed by atoms with van der Waals surface area (Å²) < 4.78 is 44.2. The molecule has 1 atom stereocenters. The lowest BCUT2D eigenvalue weighted by molar-refractivity contribution is -0.140. The van der Waals surface area contributed by atoms with Gasteiger partial charge in [-0.25, -0.2) is 17.1 Å². The van der Waals surface area contributed by atoms with Crippen molar-refractivity contribution in [2.45, 2.75) is 17.4 Å². The van der Waals surface area contributed by atoms with Gasteiger partial charge in [0.2, 0.25) is 10.0 Å². The van der Waals surface area contributed by atoms with Gasteiger partial charge < -0.3 is 14.7 Å². The third-order valence-corrected chi connectivity index (χ3v) is 7.21. The van der Waals surface area contributed by atoms with Crippen LogP contribution in [0.3, 0.4) is 0 Å². The Morgan fingerprint density at radius 3 is 2.24 bits per heavy atom. The van der Waals surface area contributed by atoms with Crippen molar-refractivity contribution < 1.29 is 32.2 Å². The molecule has 0 aliphatic carbocycles. The summed E-state index contributed by atoms with van der Waals surface area (Å²) in [6.07, 6.45) is 0.457. The van der Waals surface area contributed by atoms with E-state index in [1.807, 2.05) is 0 Å². The van der Waals surface area contributed by atoms with Crippen LogP contribution in [0, 0.1) is 5.82 Å². The van der Waals surface area contributed by atoms with E-state index in [4.69, 9.17) is 4.74 Å². The lowest BCUT2D eigenvalue weighted by Gasteiger charge is -2.25. The molecule has 0 unspecified atom stereocenters. The van der Waals surface area contributed by atoms with Gasteiger partial charge in [0.15, 0.2) is 0 Å². The van der Waals surface area contributed by atoms with Gasteiger partial charge >= 0.3 is 0 Å². The highest BCUT2D eigenvalue weighted by Crippen LogP contribution is 2.39. The van der Waals surface area contributed by atoms with Crippen LogP contribution in [0.25, 0.3) is 5.76 Å². The molecule has 1 amide bonds. The van der Waals surface area contributed by atoms with Crippen molar-refractivity contribution in [2.75, 3.05) is 34.4 Å². The summed E-state index contributed by atoms with van der Waals surface area (Å²) in [6, 6.07) is 9.77.